The maximum Gasteiger partial charge on any atom is 0.266 e. The topological polar surface area (TPSA) is 55.2 Å². The molecule has 0 saturated carbocycles. The van der Waals surface area contributed by atoms with Crippen molar-refractivity contribution < 1.29 is 4.79 Å². The number of nitrogens with zero attached hydrogens (tertiary/aromatic N) is 3. The molecule has 5 heteroatoms. The molecule has 6 rings (SSSR count). The summed E-state index contributed by atoms with van der Waals surface area (Å²) < 4.78 is 1.65. The van der Waals surface area contributed by atoms with Gasteiger partial charge in [-0.1, -0.05) is 78.9 Å². The quantitative estimate of drug-likeness (QED) is 0.287. The highest BCUT2D eigenvalue weighted by Crippen LogP contribution is 2.27. The zero-order valence-electron chi connectivity index (χ0n) is 20.6. The molecule has 1 amide bonds. The van der Waals surface area contributed by atoms with Crippen LogP contribution in [0.25, 0.3) is 38.1 Å². The molecule has 0 aliphatic carbocycles. The Bertz CT molecular complexity index is 1870. The van der Waals surface area contributed by atoms with Crippen LogP contribution in [0.4, 0.5) is 0 Å². The average molecular weight is 484 g/mol. The first-order valence-corrected chi connectivity index (χ1v) is 12.3. The van der Waals surface area contributed by atoms with Gasteiger partial charge in [0.05, 0.1) is 22.6 Å². The van der Waals surface area contributed by atoms with Gasteiger partial charge < -0.3 is 4.90 Å². The van der Waals surface area contributed by atoms with Gasteiger partial charge in [-0.25, -0.2) is 4.98 Å². The van der Waals surface area contributed by atoms with Crippen molar-refractivity contribution in [3.05, 3.63) is 131 Å². The van der Waals surface area contributed by atoms with Crippen LogP contribution in [0.15, 0.2) is 114 Å². The van der Waals surface area contributed by atoms with Crippen LogP contribution in [0, 0.1) is 0 Å². The summed E-state index contributed by atoms with van der Waals surface area (Å²) in [5.41, 5.74) is 1.79. The highest BCUT2D eigenvalue weighted by Gasteiger charge is 2.26. The number of rotatable bonds is 4. The summed E-state index contributed by atoms with van der Waals surface area (Å²) in [6, 6.07) is 34.4. The Morgan fingerprint density at radius 2 is 1.41 bits per heavy atom. The molecule has 1 aromatic heterocycles. The third-order valence-corrected chi connectivity index (χ3v) is 7.09. The molecule has 180 valence electrons. The summed E-state index contributed by atoms with van der Waals surface area (Å²) in [7, 11) is 1.76. The predicted octanol–water partition coefficient (Wildman–Crippen LogP) is 6.53. The van der Waals surface area contributed by atoms with Crippen molar-refractivity contribution in [3.63, 3.8) is 0 Å². The van der Waals surface area contributed by atoms with Crippen molar-refractivity contribution in [2.24, 2.45) is 0 Å². The van der Waals surface area contributed by atoms with Crippen LogP contribution in [0.3, 0.4) is 0 Å². The molecule has 1 unspecified atom stereocenters. The summed E-state index contributed by atoms with van der Waals surface area (Å²) in [5, 5.41) is 4.55. The fourth-order valence-corrected chi connectivity index (χ4v) is 4.95. The minimum atomic E-state index is -0.477. The fraction of sp³-hybridized carbons (Fsp3) is 0.0938. The molecule has 6 aromatic rings. The summed E-state index contributed by atoms with van der Waals surface area (Å²) >= 11 is 0. The van der Waals surface area contributed by atoms with E-state index in [2.05, 4.69) is 0 Å². The molecule has 1 atom stereocenters. The van der Waals surface area contributed by atoms with Gasteiger partial charge in [-0.2, -0.15) is 0 Å². The summed E-state index contributed by atoms with van der Waals surface area (Å²) in [4.78, 5) is 34.2. The molecule has 37 heavy (non-hydrogen) atoms. The molecule has 0 spiro atoms. The maximum absolute atomic E-state index is 13.8. The zero-order chi connectivity index (χ0) is 25.5. The van der Waals surface area contributed by atoms with Gasteiger partial charge in [-0.3, -0.25) is 14.2 Å². The highest BCUT2D eigenvalue weighted by atomic mass is 16.2. The van der Waals surface area contributed by atoms with E-state index in [-0.39, 0.29) is 11.5 Å². The number of para-hydroxylation sites is 1. The van der Waals surface area contributed by atoms with Crippen LogP contribution in [0.5, 0.6) is 0 Å². The van der Waals surface area contributed by atoms with Gasteiger partial charge in [0.2, 0.25) is 0 Å². The molecule has 1 heterocycles. The van der Waals surface area contributed by atoms with E-state index in [1.54, 1.807) is 22.6 Å². The van der Waals surface area contributed by atoms with E-state index in [9.17, 15) is 9.59 Å². The van der Waals surface area contributed by atoms with Crippen LogP contribution in [-0.2, 0) is 0 Å². The minimum Gasteiger partial charge on any atom is -0.332 e. The lowest BCUT2D eigenvalue weighted by atomic mass is 10.0. The normalized spacial score (nSPS) is 12.2. The second-order valence-corrected chi connectivity index (χ2v) is 9.28. The van der Waals surface area contributed by atoms with Crippen molar-refractivity contribution in [2.45, 2.75) is 13.0 Å². The van der Waals surface area contributed by atoms with Crippen molar-refractivity contribution in [1.29, 1.82) is 0 Å². The fourth-order valence-electron chi connectivity index (χ4n) is 4.95. The molecule has 5 nitrogen and oxygen atoms in total. The van der Waals surface area contributed by atoms with Gasteiger partial charge in [-0.05, 0) is 58.8 Å². The third kappa shape index (κ3) is 3.85. The first-order valence-electron chi connectivity index (χ1n) is 12.3. The van der Waals surface area contributed by atoms with E-state index in [0.717, 1.165) is 27.2 Å². The first-order chi connectivity index (χ1) is 18.0. The molecular weight excluding hydrogens is 458 g/mol. The molecule has 0 saturated heterocycles. The Hall–Kier alpha value is -4.77. The molecule has 0 fully saturated rings. The second kappa shape index (κ2) is 9.03. The molecular formula is C32H25N3O2. The number of carbonyl (C=O) groups excluding carboxylic acids is 1. The monoisotopic (exact) mass is 483 g/mol. The van der Waals surface area contributed by atoms with Crippen molar-refractivity contribution in [1.82, 2.24) is 14.5 Å². The van der Waals surface area contributed by atoms with Gasteiger partial charge in [0.1, 0.15) is 5.82 Å². The molecule has 0 radical (unpaired) electrons. The number of carbonyl (C=O) groups is 1. The standard InChI is InChI=1S/C32H25N3O2/c1-21(34(2)31(36)27-16-9-13-23-11-5-6-14-26(23)27)30-33-29-17-8-7-15-28(29)32(37)35(30)25-19-18-22-10-3-4-12-24(22)20-25/h3-21H,1-2H3. The molecule has 5 aromatic carbocycles. The van der Waals surface area contributed by atoms with E-state index < -0.39 is 6.04 Å². The molecule has 0 bridgehead atoms. The number of hydrogen-bond acceptors (Lipinski definition) is 3. The van der Waals surface area contributed by atoms with Crippen LogP contribution in [-0.4, -0.2) is 27.4 Å². The number of hydrogen-bond donors (Lipinski definition) is 0. The van der Waals surface area contributed by atoms with Gasteiger partial charge >= 0.3 is 0 Å². The van der Waals surface area contributed by atoms with E-state index >= 15 is 0 Å². The lowest BCUT2D eigenvalue weighted by molar-refractivity contribution is 0.0737. The first kappa shape index (κ1) is 22.7. The molecule has 0 N–H and O–H groups in total. The summed E-state index contributed by atoms with van der Waals surface area (Å²) in [6.45, 7) is 1.91. The Morgan fingerprint density at radius 3 is 2.22 bits per heavy atom. The Labute approximate surface area is 214 Å². The van der Waals surface area contributed by atoms with Crippen molar-refractivity contribution in [3.8, 4) is 5.69 Å². The number of fused-ring (bicyclic) bond motifs is 3. The van der Waals surface area contributed by atoms with Crippen LogP contribution >= 0.6 is 0 Å². The SMILES string of the molecule is CC(c1nc2ccccc2c(=O)n1-c1ccc2ccccc2c1)N(C)C(=O)c1cccc2ccccc12. The third-order valence-electron chi connectivity index (χ3n) is 7.09. The van der Waals surface area contributed by atoms with Crippen LogP contribution in [0.1, 0.15) is 29.1 Å². The summed E-state index contributed by atoms with van der Waals surface area (Å²) in [6.07, 6.45) is 0. The Kier molecular flexibility index (Phi) is 5.53. The van der Waals surface area contributed by atoms with E-state index in [1.165, 1.54) is 0 Å². The largest absolute Gasteiger partial charge is 0.332 e. The lowest BCUT2D eigenvalue weighted by Gasteiger charge is -2.27. The molecule has 0 aliphatic rings. The van der Waals surface area contributed by atoms with Gasteiger partial charge in [0.15, 0.2) is 0 Å². The Balaban J connectivity index is 1.52. The average Bonchev–Trinajstić information content (AvgIpc) is 2.95. The van der Waals surface area contributed by atoms with Gasteiger partial charge in [0, 0.05) is 12.6 Å². The smallest absolute Gasteiger partial charge is 0.266 e. The van der Waals surface area contributed by atoms with Gasteiger partial charge in [-0.15, -0.1) is 0 Å². The predicted molar refractivity (Wildman–Crippen MR) is 149 cm³/mol. The van der Waals surface area contributed by atoms with Crippen LogP contribution in [0.2, 0.25) is 0 Å². The van der Waals surface area contributed by atoms with Crippen molar-refractivity contribution >= 4 is 38.4 Å². The summed E-state index contributed by atoms with van der Waals surface area (Å²) in [5.74, 6) is 0.381. The molecule has 0 aliphatic heterocycles. The number of amides is 1. The Morgan fingerprint density at radius 1 is 0.757 bits per heavy atom. The number of aromatic nitrogens is 2. The lowest BCUT2D eigenvalue weighted by Crippen LogP contribution is -2.35. The van der Waals surface area contributed by atoms with Crippen LogP contribution < -0.4 is 5.56 Å². The zero-order valence-corrected chi connectivity index (χ0v) is 20.6. The van der Waals surface area contributed by atoms with E-state index in [1.807, 2.05) is 110 Å². The maximum atomic E-state index is 13.8. The van der Waals surface area contributed by atoms with Gasteiger partial charge in [0.25, 0.3) is 11.5 Å². The highest BCUT2D eigenvalue weighted by molar-refractivity contribution is 6.07. The van der Waals surface area contributed by atoms with Crippen molar-refractivity contribution in [2.75, 3.05) is 7.05 Å². The van der Waals surface area contributed by atoms with E-state index in [0.29, 0.717) is 22.3 Å². The van der Waals surface area contributed by atoms with E-state index in [4.69, 9.17) is 4.98 Å². The second-order valence-electron chi connectivity index (χ2n) is 9.28. The minimum absolute atomic E-state index is 0.128. The number of benzene rings is 5.